The van der Waals surface area contributed by atoms with Crippen molar-refractivity contribution < 1.29 is 9.13 Å². The topological polar surface area (TPSA) is 12.5 Å². The van der Waals surface area contributed by atoms with E-state index in [0.717, 1.165) is 57.7 Å². The van der Waals surface area contributed by atoms with Crippen LogP contribution in [0.15, 0.2) is 48.5 Å². The van der Waals surface area contributed by atoms with E-state index in [-0.39, 0.29) is 5.82 Å². The van der Waals surface area contributed by atoms with Crippen LogP contribution >= 0.6 is 0 Å². The zero-order chi connectivity index (χ0) is 17.9. The number of hydrogen-bond donors (Lipinski definition) is 0. The van der Waals surface area contributed by atoms with Gasteiger partial charge in [-0.25, -0.2) is 4.39 Å². The van der Waals surface area contributed by atoms with Crippen molar-refractivity contribution in [3.05, 3.63) is 71.0 Å². The van der Waals surface area contributed by atoms with Crippen LogP contribution in [0.2, 0.25) is 0 Å². The van der Waals surface area contributed by atoms with Crippen molar-refractivity contribution in [2.24, 2.45) is 0 Å². The zero-order valence-corrected chi connectivity index (χ0v) is 15.5. The van der Waals surface area contributed by atoms with E-state index in [2.05, 4.69) is 43.0 Å². The summed E-state index contributed by atoms with van der Waals surface area (Å²) in [6.45, 7) is 9.34. The molecule has 0 spiro atoms. The molecule has 2 aromatic rings. The van der Waals surface area contributed by atoms with E-state index in [1.807, 2.05) is 12.1 Å². The number of ether oxygens (including phenoxy) is 1. The molecule has 0 aliphatic rings. The maximum absolute atomic E-state index is 12.9. The van der Waals surface area contributed by atoms with Crippen LogP contribution in [-0.2, 0) is 17.6 Å². The van der Waals surface area contributed by atoms with E-state index in [1.54, 1.807) is 0 Å². The first-order chi connectivity index (χ1) is 12.2. The SMILES string of the molecule is CCN(CC)CCCOCCc1ccc(Cc2ccc(F)cc2)cc1. The molecule has 0 fully saturated rings. The van der Waals surface area contributed by atoms with E-state index in [9.17, 15) is 4.39 Å². The van der Waals surface area contributed by atoms with Crippen LogP contribution in [0.1, 0.15) is 37.0 Å². The van der Waals surface area contributed by atoms with Gasteiger partial charge in [0.15, 0.2) is 0 Å². The summed E-state index contributed by atoms with van der Waals surface area (Å²) in [5.74, 6) is -0.184. The van der Waals surface area contributed by atoms with Crippen LogP contribution in [-0.4, -0.2) is 37.7 Å². The molecule has 3 heteroatoms. The fourth-order valence-electron chi connectivity index (χ4n) is 2.88. The molecule has 25 heavy (non-hydrogen) atoms. The van der Waals surface area contributed by atoms with Gasteiger partial charge in [0.25, 0.3) is 0 Å². The third-order valence-corrected chi connectivity index (χ3v) is 4.54. The Labute approximate surface area is 151 Å². The molecule has 0 radical (unpaired) electrons. The van der Waals surface area contributed by atoms with Gasteiger partial charge in [0, 0.05) is 13.2 Å². The summed E-state index contributed by atoms with van der Waals surface area (Å²) in [5.41, 5.74) is 3.67. The van der Waals surface area contributed by atoms with Crippen LogP contribution in [0.3, 0.4) is 0 Å². The highest BCUT2D eigenvalue weighted by molar-refractivity contribution is 5.29. The van der Waals surface area contributed by atoms with Gasteiger partial charge in [-0.3, -0.25) is 0 Å². The van der Waals surface area contributed by atoms with Crippen LogP contribution in [0.5, 0.6) is 0 Å². The Morgan fingerprint density at radius 1 is 0.800 bits per heavy atom. The Hall–Kier alpha value is -1.71. The highest BCUT2D eigenvalue weighted by Crippen LogP contribution is 2.12. The Bertz CT molecular complexity index is 590. The van der Waals surface area contributed by atoms with Crippen molar-refractivity contribution in [2.75, 3.05) is 32.8 Å². The van der Waals surface area contributed by atoms with Gasteiger partial charge in [0.05, 0.1) is 6.61 Å². The minimum Gasteiger partial charge on any atom is -0.381 e. The normalized spacial score (nSPS) is 11.2. The van der Waals surface area contributed by atoms with Crippen LogP contribution in [0.25, 0.3) is 0 Å². The summed E-state index contributed by atoms with van der Waals surface area (Å²) in [7, 11) is 0. The number of nitrogens with zero attached hydrogens (tertiary/aromatic N) is 1. The average Bonchev–Trinajstić information content (AvgIpc) is 2.64. The lowest BCUT2D eigenvalue weighted by atomic mass is 10.0. The van der Waals surface area contributed by atoms with Crippen molar-refractivity contribution in [3.8, 4) is 0 Å². The summed E-state index contributed by atoms with van der Waals surface area (Å²) in [6, 6.07) is 15.3. The second-order valence-corrected chi connectivity index (χ2v) is 6.36. The molecule has 0 saturated heterocycles. The fraction of sp³-hybridized carbons (Fsp3) is 0.455. The van der Waals surface area contributed by atoms with Crippen LogP contribution in [0.4, 0.5) is 4.39 Å². The largest absolute Gasteiger partial charge is 0.381 e. The molecule has 0 bridgehead atoms. The highest BCUT2D eigenvalue weighted by Gasteiger charge is 2.00. The molecule has 0 heterocycles. The smallest absolute Gasteiger partial charge is 0.123 e. The lowest BCUT2D eigenvalue weighted by Crippen LogP contribution is -2.24. The highest BCUT2D eigenvalue weighted by atomic mass is 19.1. The molecule has 0 saturated carbocycles. The second kappa shape index (κ2) is 11.0. The molecule has 136 valence electrons. The van der Waals surface area contributed by atoms with Gasteiger partial charge in [0.2, 0.25) is 0 Å². The molecule has 0 amide bonds. The average molecular weight is 343 g/mol. The van der Waals surface area contributed by atoms with E-state index >= 15 is 0 Å². The number of halogens is 1. The minimum absolute atomic E-state index is 0.184. The van der Waals surface area contributed by atoms with Crippen LogP contribution < -0.4 is 0 Å². The zero-order valence-electron chi connectivity index (χ0n) is 15.5. The van der Waals surface area contributed by atoms with Gasteiger partial charge < -0.3 is 9.64 Å². The molecule has 2 nitrogen and oxygen atoms in total. The Morgan fingerprint density at radius 2 is 1.36 bits per heavy atom. The van der Waals surface area contributed by atoms with Crippen molar-refractivity contribution in [2.45, 2.75) is 33.1 Å². The fourth-order valence-corrected chi connectivity index (χ4v) is 2.88. The predicted molar refractivity (Wildman–Crippen MR) is 103 cm³/mol. The van der Waals surface area contributed by atoms with Crippen molar-refractivity contribution >= 4 is 0 Å². The summed E-state index contributed by atoms with van der Waals surface area (Å²) >= 11 is 0. The van der Waals surface area contributed by atoms with Crippen molar-refractivity contribution in [3.63, 3.8) is 0 Å². The van der Waals surface area contributed by atoms with Gasteiger partial charge in [0.1, 0.15) is 5.82 Å². The number of benzene rings is 2. The van der Waals surface area contributed by atoms with Crippen LogP contribution in [0, 0.1) is 5.82 Å². The first-order valence-electron chi connectivity index (χ1n) is 9.33. The summed E-state index contributed by atoms with van der Waals surface area (Å²) in [6.07, 6.45) is 2.88. The monoisotopic (exact) mass is 343 g/mol. The van der Waals surface area contributed by atoms with Gasteiger partial charge in [-0.15, -0.1) is 0 Å². The predicted octanol–water partition coefficient (Wildman–Crippen LogP) is 4.71. The number of rotatable bonds is 11. The molecule has 0 atom stereocenters. The van der Waals surface area contributed by atoms with E-state index < -0.39 is 0 Å². The first-order valence-corrected chi connectivity index (χ1v) is 9.33. The third-order valence-electron chi connectivity index (χ3n) is 4.54. The second-order valence-electron chi connectivity index (χ2n) is 6.36. The summed E-state index contributed by atoms with van der Waals surface area (Å²) in [5, 5.41) is 0. The van der Waals surface area contributed by atoms with Gasteiger partial charge in [-0.2, -0.15) is 0 Å². The molecule has 0 aromatic heterocycles. The van der Waals surface area contributed by atoms with Gasteiger partial charge in [-0.1, -0.05) is 50.2 Å². The maximum Gasteiger partial charge on any atom is 0.123 e. The standard InChI is InChI=1S/C22H30FNO/c1-3-24(4-2)15-5-16-25-17-14-19-6-8-20(9-7-19)18-21-10-12-22(23)13-11-21/h6-13H,3-5,14-18H2,1-2H3. The molecule has 0 N–H and O–H groups in total. The minimum atomic E-state index is -0.184. The van der Waals surface area contributed by atoms with Crippen molar-refractivity contribution in [1.29, 1.82) is 0 Å². The summed E-state index contributed by atoms with van der Waals surface area (Å²) < 4.78 is 18.7. The van der Waals surface area contributed by atoms with Gasteiger partial charge >= 0.3 is 0 Å². The molecule has 2 rings (SSSR count). The lowest BCUT2D eigenvalue weighted by molar-refractivity contribution is 0.124. The molecule has 0 aliphatic heterocycles. The third kappa shape index (κ3) is 7.37. The molecular weight excluding hydrogens is 313 g/mol. The number of hydrogen-bond acceptors (Lipinski definition) is 2. The first kappa shape index (κ1) is 19.6. The molecule has 0 unspecified atom stereocenters. The Balaban J connectivity index is 1.65. The van der Waals surface area contributed by atoms with E-state index in [0.29, 0.717) is 0 Å². The van der Waals surface area contributed by atoms with E-state index in [1.165, 1.54) is 23.3 Å². The molecule has 2 aromatic carbocycles. The Kier molecular flexibility index (Phi) is 8.64. The summed E-state index contributed by atoms with van der Waals surface area (Å²) in [4.78, 5) is 2.42. The van der Waals surface area contributed by atoms with Crippen molar-refractivity contribution in [1.82, 2.24) is 4.90 Å². The quantitative estimate of drug-likeness (QED) is 0.548. The van der Waals surface area contributed by atoms with E-state index in [4.69, 9.17) is 4.74 Å². The maximum atomic E-state index is 12.9. The molecular formula is C22H30FNO. The Morgan fingerprint density at radius 3 is 1.96 bits per heavy atom. The van der Waals surface area contributed by atoms with Gasteiger partial charge in [-0.05, 0) is 61.2 Å². The molecule has 0 aliphatic carbocycles. The lowest BCUT2D eigenvalue weighted by Gasteiger charge is -2.17.